The van der Waals surface area contributed by atoms with Gasteiger partial charge in [-0.3, -0.25) is 0 Å². The number of aliphatic hydroxyl groups is 1. The molecule has 1 heterocycles. The van der Waals surface area contributed by atoms with Crippen LogP contribution in [0.3, 0.4) is 0 Å². The summed E-state index contributed by atoms with van der Waals surface area (Å²) in [6, 6.07) is 6.51. The number of nitrogens with zero attached hydrogens (tertiary/aromatic N) is 1. The molecule has 2 N–H and O–H groups in total. The SMILES string of the molecule is CC(O)CCNc1ccc2c(c1)CCN2C. The van der Waals surface area contributed by atoms with E-state index in [-0.39, 0.29) is 6.10 Å². The van der Waals surface area contributed by atoms with E-state index in [1.54, 1.807) is 0 Å². The molecule has 1 unspecified atom stereocenters. The Morgan fingerprint density at radius 1 is 1.50 bits per heavy atom. The molecule has 2 rings (SSSR count). The first-order valence-electron chi connectivity index (χ1n) is 5.93. The molecule has 0 amide bonds. The van der Waals surface area contributed by atoms with E-state index in [0.29, 0.717) is 0 Å². The fourth-order valence-electron chi connectivity index (χ4n) is 2.10. The lowest BCUT2D eigenvalue weighted by Crippen LogP contribution is -2.12. The minimum Gasteiger partial charge on any atom is -0.393 e. The number of fused-ring (bicyclic) bond motifs is 1. The van der Waals surface area contributed by atoms with Crippen LogP contribution in [0.4, 0.5) is 11.4 Å². The summed E-state index contributed by atoms with van der Waals surface area (Å²) in [6.45, 7) is 3.76. The summed E-state index contributed by atoms with van der Waals surface area (Å²) in [5, 5.41) is 12.5. The molecule has 0 saturated heterocycles. The van der Waals surface area contributed by atoms with Crippen LogP contribution in [0.2, 0.25) is 0 Å². The standard InChI is InChI=1S/C13H20N2O/c1-10(16)5-7-14-12-3-4-13-11(9-12)6-8-15(13)2/h3-4,9-10,14,16H,5-8H2,1-2H3. The monoisotopic (exact) mass is 220 g/mol. The van der Waals surface area contributed by atoms with E-state index in [0.717, 1.165) is 31.6 Å². The van der Waals surface area contributed by atoms with Crippen molar-refractivity contribution in [3.05, 3.63) is 23.8 Å². The molecule has 0 fully saturated rings. The van der Waals surface area contributed by atoms with Crippen LogP contribution in [0.1, 0.15) is 18.9 Å². The van der Waals surface area contributed by atoms with Gasteiger partial charge in [0.05, 0.1) is 6.10 Å². The first-order chi connectivity index (χ1) is 7.66. The van der Waals surface area contributed by atoms with Crippen LogP contribution < -0.4 is 10.2 Å². The van der Waals surface area contributed by atoms with Gasteiger partial charge in [0.25, 0.3) is 0 Å². The molecule has 0 radical (unpaired) electrons. The first kappa shape index (κ1) is 11.3. The van der Waals surface area contributed by atoms with Gasteiger partial charge in [-0.05, 0) is 43.5 Å². The maximum Gasteiger partial charge on any atom is 0.0528 e. The minimum absolute atomic E-state index is 0.229. The Bertz CT molecular complexity index is 363. The van der Waals surface area contributed by atoms with Crippen LogP contribution in [-0.4, -0.2) is 31.3 Å². The second-order valence-electron chi connectivity index (χ2n) is 4.58. The number of hydrogen-bond acceptors (Lipinski definition) is 3. The van der Waals surface area contributed by atoms with E-state index in [1.165, 1.54) is 11.3 Å². The van der Waals surface area contributed by atoms with Gasteiger partial charge in [-0.2, -0.15) is 0 Å². The third-order valence-electron chi connectivity index (χ3n) is 3.10. The summed E-state index contributed by atoms with van der Waals surface area (Å²) >= 11 is 0. The summed E-state index contributed by atoms with van der Waals surface area (Å²) < 4.78 is 0. The third kappa shape index (κ3) is 2.47. The van der Waals surface area contributed by atoms with Crippen molar-refractivity contribution >= 4 is 11.4 Å². The first-order valence-corrected chi connectivity index (χ1v) is 5.93. The summed E-state index contributed by atoms with van der Waals surface area (Å²) in [7, 11) is 2.13. The maximum atomic E-state index is 9.17. The molecule has 1 aromatic carbocycles. The Kier molecular flexibility index (Phi) is 3.34. The largest absolute Gasteiger partial charge is 0.393 e. The molecule has 88 valence electrons. The van der Waals surface area contributed by atoms with Gasteiger partial charge in [-0.15, -0.1) is 0 Å². The average molecular weight is 220 g/mol. The van der Waals surface area contributed by atoms with Gasteiger partial charge in [-0.1, -0.05) is 0 Å². The molecule has 1 aliphatic heterocycles. The molecule has 16 heavy (non-hydrogen) atoms. The molecular formula is C13H20N2O. The normalized spacial score (nSPS) is 16.1. The molecule has 0 bridgehead atoms. The Labute approximate surface area is 97.1 Å². The Hall–Kier alpha value is -1.22. The predicted molar refractivity (Wildman–Crippen MR) is 68.2 cm³/mol. The molecule has 0 saturated carbocycles. The van der Waals surface area contributed by atoms with Crippen LogP contribution in [0.15, 0.2) is 18.2 Å². The highest BCUT2D eigenvalue weighted by Gasteiger charge is 2.15. The van der Waals surface area contributed by atoms with Crippen LogP contribution in [0.25, 0.3) is 0 Å². The number of aliphatic hydroxyl groups excluding tert-OH is 1. The van der Waals surface area contributed by atoms with Gasteiger partial charge in [-0.25, -0.2) is 0 Å². The summed E-state index contributed by atoms with van der Waals surface area (Å²) in [4.78, 5) is 2.29. The molecule has 0 aromatic heterocycles. The minimum atomic E-state index is -0.229. The zero-order valence-electron chi connectivity index (χ0n) is 10.0. The van der Waals surface area contributed by atoms with Crippen molar-refractivity contribution in [2.75, 3.05) is 30.4 Å². The Morgan fingerprint density at radius 2 is 2.31 bits per heavy atom. The highest BCUT2D eigenvalue weighted by atomic mass is 16.3. The van der Waals surface area contributed by atoms with Gasteiger partial charge >= 0.3 is 0 Å². The second-order valence-corrected chi connectivity index (χ2v) is 4.58. The summed E-state index contributed by atoms with van der Waals surface area (Å²) in [5.41, 5.74) is 3.93. The predicted octanol–water partition coefficient (Wildman–Crippen LogP) is 1.86. The molecular weight excluding hydrogens is 200 g/mol. The van der Waals surface area contributed by atoms with E-state index in [2.05, 4.69) is 35.5 Å². The third-order valence-corrected chi connectivity index (χ3v) is 3.10. The van der Waals surface area contributed by atoms with Crippen molar-refractivity contribution in [2.45, 2.75) is 25.9 Å². The fraction of sp³-hybridized carbons (Fsp3) is 0.538. The smallest absolute Gasteiger partial charge is 0.0528 e. The number of benzene rings is 1. The number of nitrogens with one attached hydrogen (secondary N) is 1. The van der Waals surface area contributed by atoms with Gasteiger partial charge < -0.3 is 15.3 Å². The van der Waals surface area contributed by atoms with Crippen molar-refractivity contribution in [1.82, 2.24) is 0 Å². The second kappa shape index (κ2) is 4.74. The van der Waals surface area contributed by atoms with Crippen LogP contribution in [-0.2, 0) is 6.42 Å². The van der Waals surface area contributed by atoms with E-state index in [4.69, 9.17) is 0 Å². The van der Waals surface area contributed by atoms with Gasteiger partial charge in [0.15, 0.2) is 0 Å². The highest BCUT2D eigenvalue weighted by molar-refractivity contribution is 5.63. The van der Waals surface area contributed by atoms with E-state index in [9.17, 15) is 5.11 Å². The van der Waals surface area contributed by atoms with E-state index in [1.807, 2.05) is 6.92 Å². The molecule has 3 nitrogen and oxygen atoms in total. The van der Waals surface area contributed by atoms with Crippen molar-refractivity contribution in [2.24, 2.45) is 0 Å². The zero-order valence-corrected chi connectivity index (χ0v) is 10.0. The lowest BCUT2D eigenvalue weighted by atomic mass is 10.1. The fourth-order valence-corrected chi connectivity index (χ4v) is 2.10. The van der Waals surface area contributed by atoms with E-state index < -0.39 is 0 Å². The molecule has 1 aromatic rings. The van der Waals surface area contributed by atoms with Gasteiger partial charge in [0.2, 0.25) is 0 Å². The lowest BCUT2D eigenvalue weighted by molar-refractivity contribution is 0.189. The van der Waals surface area contributed by atoms with Crippen LogP contribution in [0.5, 0.6) is 0 Å². The van der Waals surface area contributed by atoms with Gasteiger partial charge in [0.1, 0.15) is 0 Å². The lowest BCUT2D eigenvalue weighted by Gasteiger charge is -2.13. The Morgan fingerprint density at radius 3 is 3.06 bits per heavy atom. The number of rotatable bonds is 4. The van der Waals surface area contributed by atoms with Crippen molar-refractivity contribution < 1.29 is 5.11 Å². The maximum absolute atomic E-state index is 9.17. The average Bonchev–Trinajstić information content (AvgIpc) is 2.60. The zero-order chi connectivity index (χ0) is 11.5. The quantitative estimate of drug-likeness (QED) is 0.813. The molecule has 3 heteroatoms. The molecule has 1 aliphatic rings. The molecule has 0 spiro atoms. The highest BCUT2D eigenvalue weighted by Crippen LogP contribution is 2.28. The summed E-state index contributed by atoms with van der Waals surface area (Å²) in [5.74, 6) is 0. The van der Waals surface area contributed by atoms with Crippen molar-refractivity contribution in [1.29, 1.82) is 0 Å². The molecule has 1 atom stereocenters. The molecule has 0 aliphatic carbocycles. The number of likely N-dealkylation sites (N-methyl/N-ethyl adjacent to an activating group) is 1. The van der Waals surface area contributed by atoms with Crippen molar-refractivity contribution in [3.63, 3.8) is 0 Å². The van der Waals surface area contributed by atoms with Gasteiger partial charge in [0, 0.05) is 31.5 Å². The number of hydrogen-bond donors (Lipinski definition) is 2. The summed E-state index contributed by atoms with van der Waals surface area (Å²) in [6.07, 6.45) is 1.70. The van der Waals surface area contributed by atoms with E-state index >= 15 is 0 Å². The number of anilines is 2. The van der Waals surface area contributed by atoms with Crippen molar-refractivity contribution in [3.8, 4) is 0 Å². The topological polar surface area (TPSA) is 35.5 Å². The van der Waals surface area contributed by atoms with Crippen LogP contribution in [0, 0.1) is 0 Å². The Balaban J connectivity index is 1.97. The van der Waals surface area contributed by atoms with Crippen LogP contribution >= 0.6 is 0 Å².